The molecule has 0 aliphatic carbocycles. The number of anilines is 1. The van der Waals surface area contributed by atoms with Gasteiger partial charge in [-0.25, -0.2) is 4.90 Å². The second kappa shape index (κ2) is 7.10. The number of nitrogens with zero attached hydrogens (tertiary/aromatic N) is 1. The molecule has 2 amide bonds. The summed E-state index contributed by atoms with van der Waals surface area (Å²) in [6.45, 7) is 4.03. The van der Waals surface area contributed by atoms with Crippen LogP contribution in [-0.4, -0.2) is 43.7 Å². The molecule has 0 bridgehead atoms. The number of amides is 2. The highest BCUT2D eigenvalue weighted by atomic mass is 16.5. The number of carbonyl (C=O) groups is 2. The summed E-state index contributed by atoms with van der Waals surface area (Å²) >= 11 is 0. The fourth-order valence-corrected chi connectivity index (χ4v) is 3.12. The molecule has 23 heavy (non-hydrogen) atoms. The van der Waals surface area contributed by atoms with Crippen LogP contribution in [0.3, 0.4) is 0 Å². The number of rotatable bonds is 6. The molecule has 1 aromatic rings. The minimum atomic E-state index is -0.335. The highest BCUT2D eigenvalue weighted by molar-refractivity contribution is 6.21. The molecule has 1 aromatic carbocycles. The first kappa shape index (κ1) is 16.0. The average molecular weight is 319 g/mol. The third-order valence-corrected chi connectivity index (χ3v) is 4.29. The van der Waals surface area contributed by atoms with E-state index in [2.05, 4.69) is 0 Å². The molecule has 2 fully saturated rings. The predicted molar refractivity (Wildman–Crippen MR) is 84.3 cm³/mol. The normalized spacial score (nSPS) is 24.5. The van der Waals surface area contributed by atoms with Crippen molar-refractivity contribution in [2.24, 2.45) is 0 Å². The summed E-state index contributed by atoms with van der Waals surface area (Å²) in [7, 11) is 0. The smallest absolute Gasteiger partial charge is 0.292 e. The monoisotopic (exact) mass is 319 g/mol. The van der Waals surface area contributed by atoms with Crippen molar-refractivity contribution < 1.29 is 24.4 Å². The van der Waals surface area contributed by atoms with Gasteiger partial charge in [-0.1, -0.05) is 0 Å². The lowest BCUT2D eigenvalue weighted by Gasteiger charge is -2.15. The number of benzene rings is 1. The van der Waals surface area contributed by atoms with Gasteiger partial charge in [-0.05, 0) is 44.0 Å². The van der Waals surface area contributed by atoms with Crippen LogP contribution in [0.25, 0.3) is 0 Å². The van der Waals surface area contributed by atoms with E-state index in [1.165, 1.54) is 4.90 Å². The van der Waals surface area contributed by atoms with Crippen LogP contribution in [-0.2, 0) is 14.3 Å². The summed E-state index contributed by atoms with van der Waals surface area (Å²) in [6.07, 6.45) is 2.57. The molecule has 6 nitrogen and oxygen atoms in total. The van der Waals surface area contributed by atoms with Crippen LogP contribution in [0.5, 0.6) is 5.75 Å². The van der Waals surface area contributed by atoms with E-state index in [0.29, 0.717) is 12.3 Å². The minimum absolute atomic E-state index is 0.142. The Morgan fingerprint density at radius 1 is 1.30 bits per heavy atom. The van der Waals surface area contributed by atoms with Gasteiger partial charge in [0.05, 0.1) is 18.7 Å². The van der Waals surface area contributed by atoms with Crippen LogP contribution in [0.2, 0.25) is 0 Å². The van der Waals surface area contributed by atoms with Crippen LogP contribution in [0, 0.1) is 0 Å². The maximum Gasteiger partial charge on any atom is 0.292 e. The zero-order chi connectivity index (χ0) is 16.2. The first-order valence-electron chi connectivity index (χ1n) is 8.23. The quantitative estimate of drug-likeness (QED) is 0.773. The van der Waals surface area contributed by atoms with Crippen LogP contribution >= 0.6 is 0 Å². The number of hydrogen-bond donors (Lipinski definition) is 1. The van der Waals surface area contributed by atoms with Crippen molar-refractivity contribution >= 4 is 17.5 Å². The molecule has 0 saturated carbocycles. The van der Waals surface area contributed by atoms with Crippen molar-refractivity contribution in [3.05, 3.63) is 24.3 Å². The zero-order valence-corrected chi connectivity index (χ0v) is 13.4. The molecule has 0 spiro atoms. The fourth-order valence-electron chi connectivity index (χ4n) is 3.12. The molecule has 2 heterocycles. The first-order valence-corrected chi connectivity index (χ1v) is 8.23. The van der Waals surface area contributed by atoms with E-state index < -0.39 is 0 Å². The Balaban J connectivity index is 1.63. The van der Waals surface area contributed by atoms with Gasteiger partial charge in [0.15, 0.2) is 6.04 Å². The maximum atomic E-state index is 12.5. The second-order valence-electron chi connectivity index (χ2n) is 5.91. The molecule has 3 rings (SSSR count). The van der Waals surface area contributed by atoms with Gasteiger partial charge in [0.2, 0.25) is 5.91 Å². The molecule has 2 aliphatic rings. The maximum absolute atomic E-state index is 12.5. The topological polar surface area (TPSA) is 72.4 Å². The van der Waals surface area contributed by atoms with Gasteiger partial charge in [-0.2, -0.15) is 0 Å². The highest BCUT2D eigenvalue weighted by Crippen LogP contribution is 2.24. The average Bonchev–Trinajstić information content (AvgIpc) is 3.15. The predicted octanol–water partition coefficient (Wildman–Crippen LogP) is 0.460. The molecule has 0 unspecified atom stereocenters. The molecule has 2 aliphatic heterocycles. The summed E-state index contributed by atoms with van der Waals surface area (Å²) < 4.78 is 11.0. The van der Waals surface area contributed by atoms with E-state index in [9.17, 15) is 9.59 Å². The van der Waals surface area contributed by atoms with E-state index in [4.69, 9.17) is 9.47 Å². The molecule has 6 heteroatoms. The van der Waals surface area contributed by atoms with Gasteiger partial charge >= 0.3 is 0 Å². The zero-order valence-electron chi connectivity index (χ0n) is 13.4. The Kier molecular flexibility index (Phi) is 4.93. The van der Waals surface area contributed by atoms with Gasteiger partial charge in [0.1, 0.15) is 18.4 Å². The van der Waals surface area contributed by atoms with Gasteiger partial charge in [-0.3, -0.25) is 9.59 Å². The van der Waals surface area contributed by atoms with Crippen molar-refractivity contribution in [2.45, 2.75) is 38.3 Å². The van der Waals surface area contributed by atoms with Crippen LogP contribution in [0.1, 0.15) is 26.2 Å². The Morgan fingerprint density at radius 2 is 2.09 bits per heavy atom. The van der Waals surface area contributed by atoms with E-state index in [-0.39, 0.29) is 30.4 Å². The second-order valence-corrected chi connectivity index (χ2v) is 5.91. The van der Waals surface area contributed by atoms with E-state index in [1.54, 1.807) is 24.3 Å². The Hall–Kier alpha value is -1.92. The highest BCUT2D eigenvalue weighted by Gasteiger charge is 2.42. The van der Waals surface area contributed by atoms with Crippen molar-refractivity contribution in [3.63, 3.8) is 0 Å². The number of imide groups is 1. The number of quaternary nitrogens is 1. The van der Waals surface area contributed by atoms with Crippen LogP contribution in [0.15, 0.2) is 24.3 Å². The molecule has 2 saturated heterocycles. The third kappa shape index (κ3) is 3.54. The molecular weight excluding hydrogens is 296 g/mol. The van der Waals surface area contributed by atoms with E-state index in [0.717, 1.165) is 31.7 Å². The summed E-state index contributed by atoms with van der Waals surface area (Å²) in [6, 6.07) is 6.73. The SMILES string of the molecule is CCOc1ccc(N2C(=O)C[C@@H]([NH2+]C[C@@H]3CCCO3)C2=O)cc1. The molecule has 0 radical (unpaired) electrons. The lowest BCUT2D eigenvalue weighted by molar-refractivity contribution is -0.680. The first-order chi connectivity index (χ1) is 11.2. The lowest BCUT2D eigenvalue weighted by atomic mass is 10.2. The van der Waals surface area contributed by atoms with Crippen LogP contribution in [0.4, 0.5) is 5.69 Å². The largest absolute Gasteiger partial charge is 0.494 e. The Morgan fingerprint density at radius 3 is 2.74 bits per heavy atom. The van der Waals surface area contributed by atoms with Crippen molar-refractivity contribution in [2.75, 3.05) is 24.7 Å². The van der Waals surface area contributed by atoms with Crippen molar-refractivity contribution in [1.82, 2.24) is 0 Å². The molecule has 0 aromatic heterocycles. The molecule has 2 atom stereocenters. The van der Waals surface area contributed by atoms with Crippen LogP contribution < -0.4 is 15.0 Å². The summed E-state index contributed by atoms with van der Waals surface area (Å²) in [5.74, 6) is 0.446. The van der Waals surface area contributed by atoms with Gasteiger partial charge in [0, 0.05) is 6.61 Å². The minimum Gasteiger partial charge on any atom is -0.494 e. The number of nitrogens with two attached hydrogens (primary N) is 1. The molecule has 124 valence electrons. The lowest BCUT2D eigenvalue weighted by Crippen LogP contribution is -2.93. The van der Waals surface area contributed by atoms with Gasteiger partial charge < -0.3 is 14.8 Å². The fraction of sp³-hybridized carbons (Fsp3) is 0.529. The molecule has 2 N–H and O–H groups in total. The molecular formula is C17H23N2O4+. The van der Waals surface area contributed by atoms with Crippen molar-refractivity contribution in [1.29, 1.82) is 0 Å². The Labute approximate surface area is 135 Å². The number of hydrogen-bond acceptors (Lipinski definition) is 4. The summed E-state index contributed by atoms with van der Waals surface area (Å²) in [4.78, 5) is 26.0. The summed E-state index contributed by atoms with van der Waals surface area (Å²) in [5, 5.41) is 1.95. The van der Waals surface area contributed by atoms with E-state index in [1.807, 2.05) is 12.2 Å². The Bertz CT molecular complexity index is 566. The summed E-state index contributed by atoms with van der Waals surface area (Å²) in [5.41, 5.74) is 0.608. The standard InChI is InChI=1S/C17H22N2O4/c1-2-22-13-7-5-12(6-8-13)19-16(20)10-15(17(19)21)18-11-14-4-3-9-23-14/h5-8,14-15,18H,2-4,9-11H2,1H3/p+1/t14-,15+/m0/s1. The number of carbonyl (C=O) groups excluding carboxylic acids is 2. The third-order valence-electron chi connectivity index (χ3n) is 4.29. The number of ether oxygens (including phenoxy) is 2. The van der Waals surface area contributed by atoms with Crippen molar-refractivity contribution in [3.8, 4) is 5.75 Å². The van der Waals surface area contributed by atoms with Gasteiger partial charge in [0.25, 0.3) is 5.91 Å². The van der Waals surface area contributed by atoms with Gasteiger partial charge in [-0.15, -0.1) is 0 Å². The van der Waals surface area contributed by atoms with E-state index >= 15 is 0 Å².